The highest BCUT2D eigenvalue weighted by atomic mass is 16.2. The lowest BCUT2D eigenvalue weighted by atomic mass is 10.1. The van der Waals surface area contributed by atoms with Gasteiger partial charge in [0.1, 0.15) is 5.82 Å². The van der Waals surface area contributed by atoms with Crippen LogP contribution in [0.5, 0.6) is 0 Å². The lowest BCUT2D eigenvalue weighted by Crippen LogP contribution is -2.41. The van der Waals surface area contributed by atoms with Gasteiger partial charge in [0, 0.05) is 6.20 Å². The Morgan fingerprint density at radius 2 is 2.05 bits per heavy atom. The van der Waals surface area contributed by atoms with E-state index in [1.807, 2.05) is 37.3 Å². The second-order valence-corrected chi connectivity index (χ2v) is 4.61. The Balaban J connectivity index is 1.85. The van der Waals surface area contributed by atoms with Gasteiger partial charge in [-0.05, 0) is 25.0 Å². The number of rotatable bonds is 5. The lowest BCUT2D eigenvalue weighted by molar-refractivity contribution is -0.122. The first-order valence-corrected chi connectivity index (χ1v) is 6.51. The van der Waals surface area contributed by atoms with Crippen molar-refractivity contribution in [2.75, 3.05) is 0 Å². The highest BCUT2D eigenvalue weighted by Gasteiger charge is 2.13. The Kier molecular flexibility index (Phi) is 4.79. The lowest BCUT2D eigenvalue weighted by Gasteiger charge is -2.12. The van der Waals surface area contributed by atoms with Crippen LogP contribution in [0.15, 0.2) is 42.6 Å². The summed E-state index contributed by atoms with van der Waals surface area (Å²) in [5.74, 6) is 0.510. The molecule has 104 valence electrons. The summed E-state index contributed by atoms with van der Waals surface area (Å²) < 4.78 is 0. The van der Waals surface area contributed by atoms with Crippen LogP contribution < -0.4 is 11.1 Å². The van der Waals surface area contributed by atoms with E-state index in [9.17, 15) is 4.79 Å². The van der Waals surface area contributed by atoms with Gasteiger partial charge < -0.3 is 11.1 Å². The molecule has 0 spiro atoms. The van der Waals surface area contributed by atoms with Crippen LogP contribution >= 0.6 is 0 Å². The van der Waals surface area contributed by atoms with Crippen molar-refractivity contribution in [2.45, 2.75) is 25.9 Å². The molecule has 0 bridgehead atoms. The first kappa shape index (κ1) is 14.1. The van der Waals surface area contributed by atoms with Gasteiger partial charge in [-0.3, -0.25) is 4.79 Å². The van der Waals surface area contributed by atoms with Crippen molar-refractivity contribution in [1.82, 2.24) is 15.3 Å². The van der Waals surface area contributed by atoms with Gasteiger partial charge in [-0.2, -0.15) is 0 Å². The number of hydrogen-bond donors (Lipinski definition) is 2. The van der Waals surface area contributed by atoms with Crippen molar-refractivity contribution in [3.63, 3.8) is 0 Å². The summed E-state index contributed by atoms with van der Waals surface area (Å²) in [5.41, 5.74) is 7.72. The van der Waals surface area contributed by atoms with Crippen molar-refractivity contribution < 1.29 is 4.79 Å². The molecule has 3 N–H and O–H groups in total. The summed E-state index contributed by atoms with van der Waals surface area (Å²) in [7, 11) is 0. The fraction of sp³-hybridized carbons (Fsp3) is 0.267. The summed E-state index contributed by atoms with van der Waals surface area (Å²) in [6, 6.07) is 10.9. The van der Waals surface area contributed by atoms with E-state index < -0.39 is 6.04 Å². The van der Waals surface area contributed by atoms with Crippen molar-refractivity contribution in [3.05, 3.63) is 59.7 Å². The van der Waals surface area contributed by atoms with Gasteiger partial charge in [0.2, 0.25) is 5.91 Å². The second kappa shape index (κ2) is 6.77. The van der Waals surface area contributed by atoms with Crippen LogP contribution in [0.1, 0.15) is 17.1 Å². The summed E-state index contributed by atoms with van der Waals surface area (Å²) >= 11 is 0. The summed E-state index contributed by atoms with van der Waals surface area (Å²) in [6.07, 6.45) is 2.20. The Morgan fingerprint density at radius 1 is 1.30 bits per heavy atom. The molecule has 1 aromatic carbocycles. The predicted octanol–water partition coefficient (Wildman–Crippen LogP) is 0.971. The van der Waals surface area contributed by atoms with Crippen LogP contribution in [0.25, 0.3) is 0 Å². The molecule has 0 radical (unpaired) electrons. The van der Waals surface area contributed by atoms with E-state index in [-0.39, 0.29) is 5.91 Å². The normalized spacial score (nSPS) is 11.9. The summed E-state index contributed by atoms with van der Waals surface area (Å²) in [6.45, 7) is 2.18. The molecule has 5 heteroatoms. The van der Waals surface area contributed by atoms with Crippen LogP contribution in [0.2, 0.25) is 0 Å². The molecule has 0 fully saturated rings. The fourth-order valence-corrected chi connectivity index (χ4v) is 1.87. The largest absolute Gasteiger partial charge is 0.349 e. The summed E-state index contributed by atoms with van der Waals surface area (Å²) in [5, 5.41) is 2.79. The van der Waals surface area contributed by atoms with Crippen LogP contribution in [-0.2, 0) is 17.8 Å². The van der Waals surface area contributed by atoms with Gasteiger partial charge in [-0.15, -0.1) is 0 Å². The van der Waals surface area contributed by atoms with E-state index >= 15 is 0 Å². The molecule has 1 heterocycles. The molecule has 2 rings (SSSR count). The van der Waals surface area contributed by atoms with Crippen molar-refractivity contribution in [3.8, 4) is 0 Å². The Morgan fingerprint density at radius 3 is 2.75 bits per heavy atom. The van der Waals surface area contributed by atoms with Crippen LogP contribution in [0.4, 0.5) is 0 Å². The van der Waals surface area contributed by atoms with Gasteiger partial charge in [0.15, 0.2) is 0 Å². The van der Waals surface area contributed by atoms with Crippen molar-refractivity contribution >= 4 is 5.91 Å². The van der Waals surface area contributed by atoms with E-state index in [1.54, 1.807) is 12.3 Å². The first-order valence-electron chi connectivity index (χ1n) is 6.51. The molecular weight excluding hydrogens is 252 g/mol. The highest BCUT2D eigenvalue weighted by Crippen LogP contribution is 2.02. The van der Waals surface area contributed by atoms with Gasteiger partial charge >= 0.3 is 0 Å². The number of nitrogens with two attached hydrogens (primary N) is 1. The molecule has 2 aromatic rings. The van der Waals surface area contributed by atoms with Crippen LogP contribution in [-0.4, -0.2) is 21.9 Å². The molecule has 0 saturated carbocycles. The number of benzene rings is 1. The maximum atomic E-state index is 11.9. The average molecular weight is 270 g/mol. The highest BCUT2D eigenvalue weighted by molar-refractivity contribution is 5.81. The van der Waals surface area contributed by atoms with Crippen molar-refractivity contribution in [2.24, 2.45) is 5.73 Å². The molecule has 5 nitrogen and oxygen atoms in total. The molecule has 1 atom stereocenters. The maximum absolute atomic E-state index is 11.9. The standard InChI is InChI=1S/C15H18N4O/c1-11-17-8-7-13(19-11)10-18-15(20)14(16)9-12-5-3-2-4-6-12/h2-8,14H,9-10,16H2,1H3,(H,18,20)/t14-/m1/s1. The fourth-order valence-electron chi connectivity index (χ4n) is 1.87. The molecule has 1 amide bonds. The minimum atomic E-state index is -0.555. The number of nitrogens with zero attached hydrogens (tertiary/aromatic N) is 2. The number of nitrogens with one attached hydrogen (secondary N) is 1. The topological polar surface area (TPSA) is 80.9 Å². The molecular formula is C15H18N4O. The smallest absolute Gasteiger partial charge is 0.237 e. The van der Waals surface area contributed by atoms with Gasteiger partial charge in [-0.25, -0.2) is 9.97 Å². The second-order valence-electron chi connectivity index (χ2n) is 4.61. The van der Waals surface area contributed by atoms with Crippen LogP contribution in [0, 0.1) is 6.92 Å². The molecule has 0 aliphatic heterocycles. The molecule has 0 unspecified atom stereocenters. The number of carbonyl (C=O) groups is 1. The maximum Gasteiger partial charge on any atom is 0.237 e. The zero-order chi connectivity index (χ0) is 14.4. The van der Waals surface area contributed by atoms with E-state index in [1.165, 1.54) is 0 Å². The number of carbonyl (C=O) groups excluding carboxylic acids is 1. The Bertz CT molecular complexity index is 571. The number of aryl methyl sites for hydroxylation is 1. The monoisotopic (exact) mass is 270 g/mol. The molecule has 1 aromatic heterocycles. The molecule has 0 saturated heterocycles. The van der Waals surface area contributed by atoms with Gasteiger partial charge in [-0.1, -0.05) is 30.3 Å². The quantitative estimate of drug-likeness (QED) is 0.848. The predicted molar refractivity (Wildman–Crippen MR) is 76.7 cm³/mol. The minimum Gasteiger partial charge on any atom is -0.349 e. The molecule has 0 aliphatic carbocycles. The van der Waals surface area contributed by atoms with Crippen LogP contribution in [0.3, 0.4) is 0 Å². The first-order chi connectivity index (χ1) is 9.65. The number of aromatic nitrogens is 2. The van der Waals surface area contributed by atoms with Crippen molar-refractivity contribution in [1.29, 1.82) is 0 Å². The third-order valence-corrected chi connectivity index (χ3v) is 2.91. The van der Waals surface area contributed by atoms with E-state index in [2.05, 4.69) is 15.3 Å². The number of amides is 1. The zero-order valence-electron chi connectivity index (χ0n) is 11.4. The van der Waals surface area contributed by atoms with E-state index in [0.29, 0.717) is 18.8 Å². The third kappa shape index (κ3) is 4.13. The molecule has 20 heavy (non-hydrogen) atoms. The molecule has 0 aliphatic rings. The van der Waals surface area contributed by atoms with E-state index in [4.69, 9.17) is 5.73 Å². The summed E-state index contributed by atoms with van der Waals surface area (Å²) in [4.78, 5) is 20.2. The number of hydrogen-bond acceptors (Lipinski definition) is 4. The average Bonchev–Trinajstić information content (AvgIpc) is 2.46. The Labute approximate surface area is 118 Å². The van der Waals surface area contributed by atoms with Gasteiger partial charge in [0.25, 0.3) is 0 Å². The third-order valence-electron chi connectivity index (χ3n) is 2.91. The Hall–Kier alpha value is -2.27. The minimum absolute atomic E-state index is 0.176. The zero-order valence-corrected chi connectivity index (χ0v) is 11.4. The van der Waals surface area contributed by atoms with E-state index in [0.717, 1.165) is 11.3 Å². The SMILES string of the molecule is Cc1nccc(CNC(=O)[C@H](N)Cc2ccccc2)n1. The van der Waals surface area contributed by atoms with Gasteiger partial charge in [0.05, 0.1) is 18.3 Å².